The molecule has 1 rings (SSSR count). The highest BCUT2D eigenvalue weighted by Crippen LogP contribution is 2.27. The van der Waals surface area contributed by atoms with E-state index < -0.39 is 0 Å². The summed E-state index contributed by atoms with van der Waals surface area (Å²) in [4.78, 5) is 0. The standard InChI is InChI=1S/C7H7BrClN5/c8-4-2-5(9)6(10)1-3(4)7(13-11)14-12/h1-2,11H,10,12H2/b13-11?,14-7-. The molecule has 1 aromatic carbocycles. The van der Waals surface area contributed by atoms with Gasteiger partial charge in [-0.1, -0.05) is 11.6 Å². The fourth-order valence-corrected chi connectivity index (χ4v) is 1.71. The second kappa shape index (κ2) is 4.39. The molecule has 0 atom stereocenters. The van der Waals surface area contributed by atoms with Crippen LogP contribution in [-0.4, -0.2) is 5.84 Å². The number of benzene rings is 1. The normalized spacial score (nSPS) is 11.4. The topological polar surface area (TPSA) is 101 Å². The lowest BCUT2D eigenvalue weighted by Crippen LogP contribution is -2.02. The Labute approximate surface area is 93.7 Å². The van der Waals surface area contributed by atoms with Gasteiger partial charge in [-0.3, -0.25) is 0 Å². The van der Waals surface area contributed by atoms with Gasteiger partial charge in [0.25, 0.3) is 0 Å². The molecule has 0 heterocycles. The largest absolute Gasteiger partial charge is 0.398 e. The predicted octanol–water partition coefficient (Wildman–Crippen LogP) is 2.34. The van der Waals surface area contributed by atoms with Crippen LogP contribution < -0.4 is 11.6 Å². The number of hydrazone groups is 1. The van der Waals surface area contributed by atoms with Crippen molar-refractivity contribution in [2.75, 3.05) is 5.73 Å². The maximum absolute atomic E-state index is 6.84. The molecule has 7 heteroatoms. The van der Waals surface area contributed by atoms with Gasteiger partial charge in [0.15, 0.2) is 0 Å². The first-order valence-electron chi connectivity index (χ1n) is 3.50. The lowest BCUT2D eigenvalue weighted by Gasteiger charge is -2.04. The maximum Gasteiger partial charge on any atom is 0.200 e. The van der Waals surface area contributed by atoms with Crippen molar-refractivity contribution in [2.24, 2.45) is 16.1 Å². The molecule has 14 heavy (non-hydrogen) atoms. The summed E-state index contributed by atoms with van der Waals surface area (Å²) >= 11 is 9.02. The number of nitrogen functional groups attached to an aromatic ring is 1. The second-order valence-corrected chi connectivity index (χ2v) is 3.68. The lowest BCUT2D eigenvalue weighted by atomic mass is 10.2. The summed E-state index contributed by atoms with van der Waals surface area (Å²) in [5, 5.41) is 6.92. The van der Waals surface area contributed by atoms with Crippen LogP contribution >= 0.6 is 27.5 Å². The van der Waals surface area contributed by atoms with Crippen LogP contribution in [0, 0.1) is 5.53 Å². The SMILES string of the molecule is N=N/C(=N\N)c1cc(N)c(Cl)cc1Br. The van der Waals surface area contributed by atoms with E-state index in [1.165, 1.54) is 0 Å². The van der Waals surface area contributed by atoms with Crippen LogP contribution in [0.1, 0.15) is 5.56 Å². The average Bonchev–Trinajstić information content (AvgIpc) is 2.15. The number of amidine groups is 1. The van der Waals surface area contributed by atoms with E-state index >= 15 is 0 Å². The Kier molecular flexibility index (Phi) is 3.43. The highest BCUT2D eigenvalue weighted by Gasteiger charge is 2.10. The van der Waals surface area contributed by atoms with Gasteiger partial charge < -0.3 is 11.6 Å². The Morgan fingerprint density at radius 2 is 2.14 bits per heavy atom. The van der Waals surface area contributed by atoms with E-state index in [4.69, 9.17) is 28.7 Å². The van der Waals surface area contributed by atoms with Crippen molar-refractivity contribution < 1.29 is 0 Å². The van der Waals surface area contributed by atoms with E-state index in [1.54, 1.807) is 12.1 Å². The van der Waals surface area contributed by atoms with Crippen LogP contribution in [0.5, 0.6) is 0 Å². The number of rotatable bonds is 1. The third kappa shape index (κ3) is 2.02. The quantitative estimate of drug-likeness (QED) is 0.183. The number of anilines is 1. The van der Waals surface area contributed by atoms with Crippen molar-refractivity contribution in [3.8, 4) is 0 Å². The van der Waals surface area contributed by atoms with Gasteiger partial charge in [0.05, 0.1) is 10.7 Å². The van der Waals surface area contributed by atoms with Crippen LogP contribution in [0.3, 0.4) is 0 Å². The molecular formula is C7H7BrClN5. The van der Waals surface area contributed by atoms with Crippen molar-refractivity contribution in [1.82, 2.24) is 0 Å². The van der Waals surface area contributed by atoms with Crippen LogP contribution in [0.25, 0.3) is 0 Å². The summed E-state index contributed by atoms with van der Waals surface area (Å²) in [7, 11) is 0. The summed E-state index contributed by atoms with van der Waals surface area (Å²) in [5.41, 5.74) is 13.3. The van der Waals surface area contributed by atoms with E-state index in [9.17, 15) is 0 Å². The maximum atomic E-state index is 6.84. The van der Waals surface area contributed by atoms with Crippen LogP contribution in [0.15, 0.2) is 26.8 Å². The van der Waals surface area contributed by atoms with Gasteiger partial charge in [0.2, 0.25) is 5.84 Å². The highest BCUT2D eigenvalue weighted by atomic mass is 79.9. The first-order valence-corrected chi connectivity index (χ1v) is 4.67. The number of halogens is 2. The van der Waals surface area contributed by atoms with Crippen molar-refractivity contribution >= 4 is 39.1 Å². The van der Waals surface area contributed by atoms with Gasteiger partial charge in [-0.25, -0.2) is 5.53 Å². The Morgan fingerprint density at radius 3 is 2.64 bits per heavy atom. The molecule has 0 saturated carbocycles. The smallest absolute Gasteiger partial charge is 0.200 e. The van der Waals surface area contributed by atoms with E-state index in [0.717, 1.165) is 0 Å². The predicted molar refractivity (Wildman–Crippen MR) is 59.4 cm³/mol. The molecule has 5 nitrogen and oxygen atoms in total. The van der Waals surface area contributed by atoms with E-state index in [1.807, 2.05) is 0 Å². The summed E-state index contributed by atoms with van der Waals surface area (Å²) in [6.45, 7) is 0. The second-order valence-electron chi connectivity index (χ2n) is 2.42. The number of nitrogens with one attached hydrogen (secondary N) is 1. The molecule has 5 N–H and O–H groups in total. The molecule has 0 aliphatic rings. The van der Waals surface area contributed by atoms with Gasteiger partial charge in [0, 0.05) is 10.0 Å². The lowest BCUT2D eigenvalue weighted by molar-refractivity contribution is 1.13. The summed E-state index contributed by atoms with van der Waals surface area (Å²) in [6.07, 6.45) is 0. The number of hydrogen-bond donors (Lipinski definition) is 3. The Balaban J connectivity index is 3.35. The van der Waals surface area contributed by atoms with Crippen molar-refractivity contribution in [3.05, 3.63) is 27.2 Å². The zero-order valence-electron chi connectivity index (χ0n) is 6.96. The fourth-order valence-electron chi connectivity index (χ4n) is 0.896. The molecule has 0 amide bonds. The Morgan fingerprint density at radius 1 is 1.50 bits per heavy atom. The molecule has 74 valence electrons. The molecule has 0 saturated heterocycles. The van der Waals surface area contributed by atoms with E-state index in [2.05, 4.69) is 26.1 Å². The summed E-state index contributed by atoms with van der Waals surface area (Å²) in [5.74, 6) is 5.14. The first-order chi connectivity index (χ1) is 6.60. The minimum atomic E-state index is 0.0836. The molecule has 0 aromatic heterocycles. The molecule has 0 aliphatic carbocycles. The van der Waals surface area contributed by atoms with Gasteiger partial charge in [-0.2, -0.15) is 5.10 Å². The minimum Gasteiger partial charge on any atom is -0.398 e. The Hall–Kier alpha value is -1.14. The molecule has 1 aromatic rings. The average molecular weight is 277 g/mol. The van der Waals surface area contributed by atoms with E-state index in [-0.39, 0.29) is 5.84 Å². The molecule has 0 spiro atoms. The Bertz CT molecular complexity index is 403. The van der Waals surface area contributed by atoms with Crippen LogP contribution in [0.4, 0.5) is 5.69 Å². The molecule has 0 aliphatic heterocycles. The summed E-state index contributed by atoms with van der Waals surface area (Å²) in [6, 6.07) is 3.15. The van der Waals surface area contributed by atoms with Crippen molar-refractivity contribution in [1.29, 1.82) is 5.53 Å². The van der Waals surface area contributed by atoms with Crippen LogP contribution in [0.2, 0.25) is 5.02 Å². The minimum absolute atomic E-state index is 0.0836. The van der Waals surface area contributed by atoms with Crippen molar-refractivity contribution in [3.63, 3.8) is 0 Å². The number of nitrogens with two attached hydrogens (primary N) is 2. The van der Waals surface area contributed by atoms with Gasteiger partial charge in [-0.15, -0.1) is 5.11 Å². The third-order valence-electron chi connectivity index (χ3n) is 1.56. The van der Waals surface area contributed by atoms with Gasteiger partial charge >= 0.3 is 0 Å². The molecular weight excluding hydrogens is 269 g/mol. The number of nitrogens with zero attached hydrogens (tertiary/aromatic N) is 2. The zero-order valence-corrected chi connectivity index (χ0v) is 9.30. The van der Waals surface area contributed by atoms with Crippen molar-refractivity contribution in [2.45, 2.75) is 0 Å². The molecule has 0 fully saturated rings. The van der Waals surface area contributed by atoms with Gasteiger partial charge in [0.1, 0.15) is 0 Å². The first kappa shape index (κ1) is 10.9. The van der Waals surface area contributed by atoms with Gasteiger partial charge in [-0.05, 0) is 28.1 Å². The molecule has 0 radical (unpaired) electrons. The fraction of sp³-hybridized carbons (Fsp3) is 0. The van der Waals surface area contributed by atoms with E-state index in [0.29, 0.717) is 20.7 Å². The highest BCUT2D eigenvalue weighted by molar-refractivity contribution is 9.10. The zero-order chi connectivity index (χ0) is 10.7. The number of hydrogen-bond acceptors (Lipinski definition) is 4. The summed E-state index contributed by atoms with van der Waals surface area (Å²) < 4.78 is 0.636. The molecule has 0 unspecified atom stereocenters. The third-order valence-corrected chi connectivity index (χ3v) is 2.54. The monoisotopic (exact) mass is 275 g/mol. The molecule has 0 bridgehead atoms. The van der Waals surface area contributed by atoms with Crippen LogP contribution in [-0.2, 0) is 0 Å².